The summed E-state index contributed by atoms with van der Waals surface area (Å²) in [7, 11) is 0. The fraction of sp³-hybridized carbons (Fsp3) is 0.468. The second-order valence-electron chi connectivity index (χ2n) is 16.6. The molecule has 67 heavy (non-hydrogen) atoms. The Bertz CT molecular complexity index is 1840. The first kappa shape index (κ1) is 81.4. The molecule has 3 aromatic rings. The summed E-state index contributed by atoms with van der Waals surface area (Å²) in [4.78, 5) is 47.3. The summed E-state index contributed by atoms with van der Waals surface area (Å²) in [5.74, 6) is -0.866. The van der Waals surface area contributed by atoms with E-state index in [1.165, 1.54) is 0 Å². The molecule has 3 saturated carbocycles. The van der Waals surface area contributed by atoms with Crippen molar-refractivity contribution >= 4 is 23.7 Å². The first-order valence-electron chi connectivity index (χ1n) is 20.1. The molecule has 0 unspecified atom stereocenters. The molecule has 4 aliphatic rings. The molecule has 0 amide bonds. The van der Waals surface area contributed by atoms with Gasteiger partial charge in [0.2, 0.25) is 0 Å². The summed E-state index contributed by atoms with van der Waals surface area (Å²) in [6.45, 7) is 10.1. The molecule has 7 rings (SSSR count). The number of hydrogen-bond acceptors (Lipinski definition) is 11. The number of ketones is 1. The van der Waals surface area contributed by atoms with Gasteiger partial charge in [-0.05, 0) is 101 Å². The van der Waals surface area contributed by atoms with Crippen molar-refractivity contribution in [3.05, 3.63) is 127 Å². The third-order valence-electron chi connectivity index (χ3n) is 10.4. The Hall–Kier alpha value is 5.52. The van der Waals surface area contributed by atoms with Crippen LogP contribution in [0.15, 0.2) is 91.0 Å². The van der Waals surface area contributed by atoms with Gasteiger partial charge in [-0.1, -0.05) is 75.4 Å². The molecule has 2 N–H and O–H groups in total. The van der Waals surface area contributed by atoms with Crippen LogP contribution in [0.5, 0.6) is 0 Å². The summed E-state index contributed by atoms with van der Waals surface area (Å²) in [5, 5.41) is 19.4. The number of carbonyl (C=O) groups excluding carboxylic acids is 4. The van der Waals surface area contributed by atoms with Crippen LogP contribution in [0.4, 0.5) is 0 Å². The smallest absolute Gasteiger partial charge is 0.335 e. The van der Waals surface area contributed by atoms with Gasteiger partial charge in [-0.3, -0.25) is 24.1 Å². The number of carbonyl (C=O) groups is 4. The summed E-state index contributed by atoms with van der Waals surface area (Å²) in [6.07, 6.45) is 8.00. The van der Waals surface area contributed by atoms with Crippen LogP contribution < -0.4 is 0 Å². The zero-order valence-electron chi connectivity index (χ0n) is 39.3. The van der Waals surface area contributed by atoms with Gasteiger partial charge in [0, 0.05) is 301 Å². The number of hydrogen-bond donors (Lipinski definition) is 2. The molecule has 8 atom stereocenters. The monoisotopic (exact) mass is 1600 g/mol. The van der Waals surface area contributed by atoms with Crippen LogP contribution in [-0.2, 0) is 323 Å². The number of Topliss-reactive ketones (excluding diaryl/α,β-unsaturated/α-hetero) is 1. The Morgan fingerprint density at radius 1 is 0.567 bits per heavy atom. The number of aliphatic hydroxyl groups excluding tert-OH is 1. The molecule has 9 radical (unpaired) electrons. The Morgan fingerprint density at radius 3 is 1.31 bits per heavy atom. The molecule has 1 spiro atoms. The maximum absolute atomic E-state index is 12.2. The minimum atomic E-state index is -1.16. The molecule has 11 nitrogen and oxygen atoms in total. The Kier molecular flexibility index (Phi) is 49.4. The fourth-order valence-electron chi connectivity index (χ4n) is 8.07. The van der Waals surface area contributed by atoms with Crippen molar-refractivity contribution in [3.8, 4) is 0 Å². The number of rotatable bonds is 7. The number of aliphatic hydroxyl groups is 2. The van der Waals surface area contributed by atoms with E-state index in [9.17, 15) is 29.4 Å². The van der Waals surface area contributed by atoms with E-state index in [1.807, 2.05) is 70.9 Å². The first-order valence-corrected chi connectivity index (χ1v) is 20.1. The molecule has 3 aromatic carbocycles. The van der Waals surface area contributed by atoms with E-state index in [-0.39, 0.29) is 355 Å². The zero-order valence-corrected chi connectivity index (χ0v) is 64.8. The van der Waals surface area contributed by atoms with E-state index in [0.29, 0.717) is 54.9 Å². The molecule has 0 bridgehead atoms. The molecule has 4 fully saturated rings. The largest absolute Gasteiger partial charge is 0.492 e. The Labute approximate surface area is 624 Å². The maximum Gasteiger partial charge on any atom is 0.335 e. The van der Waals surface area contributed by atoms with E-state index < -0.39 is 23.5 Å². The van der Waals surface area contributed by atoms with Gasteiger partial charge < -0.3 is 33.9 Å². The summed E-state index contributed by atoms with van der Waals surface area (Å²) in [6, 6.07) is 26.7. The average molecular weight is 1600 g/mol. The van der Waals surface area contributed by atoms with Crippen LogP contribution in [0.25, 0.3) is 0 Å². The van der Waals surface area contributed by atoms with Crippen LogP contribution in [0.1, 0.15) is 104 Å². The van der Waals surface area contributed by atoms with Crippen molar-refractivity contribution in [1.29, 1.82) is 0 Å². The number of benzene rings is 3. The van der Waals surface area contributed by atoms with Gasteiger partial charge in [-0.15, -0.1) is 0 Å². The van der Waals surface area contributed by atoms with Crippen LogP contribution in [0.3, 0.4) is 0 Å². The van der Waals surface area contributed by atoms with Gasteiger partial charge in [-0.25, -0.2) is 14.4 Å². The Morgan fingerprint density at radius 2 is 0.940 bits per heavy atom. The number of esters is 3. The standard InChI is InChI=1S/C18H23O4.C15H19O4.C14H15O3.9Y/c1-13-9-15(21-16(19)14-7-5-4-6-8-14)11-18(10-13)12-20-17(2,3)22-18;1-11-7-13(9-15(18,8-11)10-16)19-14(17)12-5-3-2-4-6-12;1-10-7-12(15)9-13(8-10)17-14(16)11-5-3-2-4-6-11;;;;;;;;;/h4-9,13,15H,10-12H2,1-3H3;2-7,11,13,16,18H,8-10H2,1H3;2-6,8,10,13H,7,9H2,1H3;;;;;;;;;/q3*-1;;;;;;;;;/t13-,15-,18-;11-,13-,15-;10-,13+;;;;;;;;;/m001........./s1. The topological polar surface area (TPSA) is 155 Å². The fourth-order valence-corrected chi connectivity index (χ4v) is 8.07. The molecule has 3 aliphatic carbocycles. The first-order chi connectivity index (χ1) is 27.5. The molecule has 1 heterocycles. The van der Waals surface area contributed by atoms with Gasteiger partial charge in [0.15, 0.2) is 5.79 Å². The minimum absolute atomic E-state index is 0. The van der Waals surface area contributed by atoms with Gasteiger partial charge in [0.1, 0.15) is 5.78 Å². The third kappa shape index (κ3) is 28.8. The van der Waals surface area contributed by atoms with Crippen LogP contribution in [0.2, 0.25) is 0 Å². The minimum Gasteiger partial charge on any atom is -0.492 e. The quantitative estimate of drug-likeness (QED) is 0.139. The van der Waals surface area contributed by atoms with Crippen molar-refractivity contribution in [2.45, 2.75) is 108 Å². The van der Waals surface area contributed by atoms with Crippen LogP contribution in [-0.4, -0.2) is 82.4 Å². The number of ether oxygens (including phenoxy) is 5. The maximum atomic E-state index is 12.2. The van der Waals surface area contributed by atoms with Gasteiger partial charge >= 0.3 is 17.9 Å². The van der Waals surface area contributed by atoms with Gasteiger partial charge in [0.25, 0.3) is 0 Å². The zero-order chi connectivity index (χ0) is 41.9. The van der Waals surface area contributed by atoms with Crippen molar-refractivity contribution in [2.75, 3.05) is 13.2 Å². The van der Waals surface area contributed by atoms with Crippen molar-refractivity contribution in [3.63, 3.8) is 0 Å². The molecule has 341 valence electrons. The van der Waals surface area contributed by atoms with Crippen molar-refractivity contribution < 1.29 is 347 Å². The van der Waals surface area contributed by atoms with Gasteiger partial charge in [-0.2, -0.15) is 17.8 Å². The molecule has 1 saturated heterocycles. The summed E-state index contributed by atoms with van der Waals surface area (Å²) >= 11 is 0. The third-order valence-corrected chi connectivity index (χ3v) is 10.4. The predicted molar refractivity (Wildman–Crippen MR) is 216 cm³/mol. The molecular formula is C47H57O11Y9-3. The molecule has 20 heteroatoms. The predicted octanol–water partition coefficient (Wildman–Crippen LogP) is 7.33. The summed E-state index contributed by atoms with van der Waals surface area (Å²) < 4.78 is 28.2. The van der Waals surface area contributed by atoms with E-state index in [4.69, 9.17) is 23.7 Å². The SMILES string of the molecule is C[C@H]1[CH-][C@H](OC(=O)c2ccccc2)CC(=O)C1.C[C@H]1[CH-][C@H](OC(=O)c2ccccc2)C[C@](O)(CO)C1.C[C@H]1[CH-][C@H](OC(=O)c2ccccc2)C[C@]2(COC(C)(C)O2)C1.[Y].[Y].[Y].[Y].[Y].[Y].[Y].[Y].[Y]. The van der Waals surface area contributed by atoms with Crippen LogP contribution >= 0.6 is 0 Å². The van der Waals surface area contributed by atoms with Crippen molar-refractivity contribution in [2.24, 2.45) is 17.8 Å². The van der Waals surface area contributed by atoms with E-state index in [0.717, 1.165) is 6.42 Å². The van der Waals surface area contributed by atoms with E-state index >= 15 is 0 Å². The molecule has 0 aromatic heterocycles. The average Bonchev–Trinajstić information content (AvgIpc) is 3.47. The Balaban J connectivity index is -0.000000271. The summed E-state index contributed by atoms with van der Waals surface area (Å²) in [5.41, 5.74) is 0.0788. The van der Waals surface area contributed by atoms with Gasteiger partial charge in [0.05, 0.1) is 41.1 Å². The molecule has 1 aliphatic heterocycles. The molecular weight excluding hydrogens is 1540 g/mol. The van der Waals surface area contributed by atoms with E-state index in [2.05, 4.69) is 13.3 Å². The van der Waals surface area contributed by atoms with Crippen LogP contribution in [0, 0.1) is 37.0 Å². The second-order valence-corrected chi connectivity index (χ2v) is 16.6. The normalized spacial score (nSPS) is 26.0. The van der Waals surface area contributed by atoms with E-state index in [1.54, 1.807) is 60.7 Å². The van der Waals surface area contributed by atoms with Crippen molar-refractivity contribution in [1.82, 2.24) is 0 Å². The second kappa shape index (κ2) is 40.7.